The van der Waals surface area contributed by atoms with Gasteiger partial charge in [0.25, 0.3) is 0 Å². The molecule has 0 saturated carbocycles. The average molecular weight is 312 g/mol. The Bertz CT molecular complexity index is 539. The zero-order valence-corrected chi connectivity index (χ0v) is 12.5. The average Bonchev–Trinajstić information content (AvgIpc) is 3.13. The van der Waals surface area contributed by atoms with Gasteiger partial charge in [-0.3, -0.25) is 0 Å². The Balaban J connectivity index is 1.73. The summed E-state index contributed by atoms with van der Waals surface area (Å²) in [7, 11) is 0. The number of nitrogens with zero attached hydrogens (tertiary/aromatic N) is 1. The molecule has 1 spiro atoms. The quantitative estimate of drug-likeness (QED) is 0.783. The SMILES string of the molecule is Clc1cc(O[C@@H]2CCOC2)c2c(n1)C1(CCOC1)OCC2. The van der Waals surface area contributed by atoms with Gasteiger partial charge in [-0.2, -0.15) is 0 Å². The molecule has 0 amide bonds. The molecule has 4 heterocycles. The van der Waals surface area contributed by atoms with Gasteiger partial charge in [0.2, 0.25) is 0 Å². The maximum atomic E-state index is 6.21. The molecule has 1 unspecified atom stereocenters. The number of rotatable bonds is 2. The predicted molar refractivity (Wildman–Crippen MR) is 75.9 cm³/mol. The monoisotopic (exact) mass is 311 g/mol. The Morgan fingerprint density at radius 3 is 3.00 bits per heavy atom. The second kappa shape index (κ2) is 5.39. The minimum Gasteiger partial charge on any atom is -0.487 e. The van der Waals surface area contributed by atoms with E-state index in [1.807, 2.05) is 6.07 Å². The molecule has 5 nitrogen and oxygen atoms in total. The predicted octanol–water partition coefficient (Wildman–Crippen LogP) is 2.09. The molecule has 4 rings (SSSR count). The molecule has 3 aliphatic heterocycles. The molecule has 114 valence electrons. The summed E-state index contributed by atoms with van der Waals surface area (Å²) in [5.41, 5.74) is 1.57. The summed E-state index contributed by atoms with van der Waals surface area (Å²) in [5, 5.41) is 0.444. The van der Waals surface area contributed by atoms with Gasteiger partial charge in [0.15, 0.2) is 0 Å². The number of fused-ring (bicyclic) bond motifs is 2. The third kappa shape index (κ3) is 2.42. The van der Waals surface area contributed by atoms with Gasteiger partial charge >= 0.3 is 0 Å². The standard InChI is InChI=1S/C15H18ClNO4/c16-13-7-12(21-10-1-4-18-8-10)11-2-5-20-15(14(11)17-13)3-6-19-9-15/h7,10H,1-6,8-9H2/t10-,15?/m1/s1. The minimum atomic E-state index is -0.442. The molecule has 2 saturated heterocycles. The van der Waals surface area contributed by atoms with Crippen molar-refractivity contribution in [1.29, 1.82) is 0 Å². The van der Waals surface area contributed by atoms with Gasteiger partial charge in [0, 0.05) is 37.5 Å². The fraction of sp³-hybridized carbons (Fsp3) is 0.667. The maximum absolute atomic E-state index is 6.21. The smallest absolute Gasteiger partial charge is 0.136 e. The second-order valence-corrected chi connectivity index (χ2v) is 6.16. The van der Waals surface area contributed by atoms with Crippen molar-refractivity contribution in [2.45, 2.75) is 31.0 Å². The Morgan fingerprint density at radius 1 is 1.29 bits per heavy atom. The highest BCUT2D eigenvalue weighted by Crippen LogP contribution is 2.42. The van der Waals surface area contributed by atoms with Gasteiger partial charge in [-0.25, -0.2) is 4.98 Å². The van der Waals surface area contributed by atoms with Crippen LogP contribution in [0.2, 0.25) is 5.15 Å². The molecule has 2 atom stereocenters. The lowest BCUT2D eigenvalue weighted by Gasteiger charge is -2.34. The summed E-state index contributed by atoms with van der Waals surface area (Å²) in [5.74, 6) is 0.829. The molecule has 0 aromatic carbocycles. The van der Waals surface area contributed by atoms with E-state index in [1.165, 1.54) is 0 Å². The Labute approximate surface area is 128 Å². The van der Waals surface area contributed by atoms with Crippen molar-refractivity contribution in [1.82, 2.24) is 4.98 Å². The molecule has 6 heteroatoms. The van der Waals surface area contributed by atoms with Crippen molar-refractivity contribution >= 4 is 11.6 Å². The van der Waals surface area contributed by atoms with Gasteiger partial charge in [-0.15, -0.1) is 0 Å². The Kier molecular flexibility index (Phi) is 3.53. The van der Waals surface area contributed by atoms with Crippen molar-refractivity contribution in [3.8, 4) is 5.75 Å². The van der Waals surface area contributed by atoms with Crippen LogP contribution in [0.15, 0.2) is 6.07 Å². The first kappa shape index (κ1) is 13.8. The molecular formula is C15H18ClNO4. The fourth-order valence-electron chi connectivity index (χ4n) is 3.29. The van der Waals surface area contributed by atoms with E-state index in [4.69, 9.17) is 30.5 Å². The first-order valence-corrected chi connectivity index (χ1v) is 7.81. The van der Waals surface area contributed by atoms with Gasteiger partial charge in [-0.1, -0.05) is 11.6 Å². The Hall–Kier alpha value is -0.880. The summed E-state index contributed by atoms with van der Waals surface area (Å²) >= 11 is 6.21. The number of aromatic nitrogens is 1. The van der Waals surface area contributed by atoms with Crippen molar-refractivity contribution in [2.24, 2.45) is 0 Å². The van der Waals surface area contributed by atoms with Crippen LogP contribution in [0.3, 0.4) is 0 Å². The first-order valence-electron chi connectivity index (χ1n) is 7.43. The van der Waals surface area contributed by atoms with Crippen LogP contribution in [0.4, 0.5) is 0 Å². The van der Waals surface area contributed by atoms with Crippen LogP contribution in [0, 0.1) is 0 Å². The normalized spacial score (nSPS) is 31.6. The van der Waals surface area contributed by atoms with Gasteiger partial charge in [0.05, 0.1) is 32.1 Å². The third-order valence-corrected chi connectivity index (χ3v) is 4.57. The molecule has 0 aliphatic carbocycles. The van der Waals surface area contributed by atoms with Crippen molar-refractivity contribution < 1.29 is 18.9 Å². The van der Waals surface area contributed by atoms with Gasteiger partial charge < -0.3 is 18.9 Å². The number of pyridine rings is 1. The van der Waals surface area contributed by atoms with E-state index in [-0.39, 0.29) is 6.10 Å². The molecule has 2 fully saturated rings. The molecule has 3 aliphatic rings. The minimum absolute atomic E-state index is 0.103. The van der Waals surface area contributed by atoms with Crippen LogP contribution < -0.4 is 4.74 Å². The van der Waals surface area contributed by atoms with Crippen LogP contribution in [0.25, 0.3) is 0 Å². The van der Waals surface area contributed by atoms with Gasteiger partial charge in [0.1, 0.15) is 22.6 Å². The van der Waals surface area contributed by atoms with Crippen LogP contribution in [0.1, 0.15) is 24.1 Å². The Morgan fingerprint density at radius 2 is 2.24 bits per heavy atom. The lowest BCUT2D eigenvalue weighted by molar-refractivity contribution is -0.0671. The number of hydrogen-bond donors (Lipinski definition) is 0. The summed E-state index contributed by atoms with van der Waals surface area (Å²) < 4.78 is 23.0. The lowest BCUT2D eigenvalue weighted by Crippen LogP contribution is -2.37. The van der Waals surface area contributed by atoms with E-state index in [0.717, 1.165) is 42.9 Å². The highest BCUT2D eigenvalue weighted by Gasteiger charge is 2.44. The summed E-state index contributed by atoms with van der Waals surface area (Å²) in [6, 6.07) is 1.81. The maximum Gasteiger partial charge on any atom is 0.136 e. The molecule has 0 radical (unpaired) electrons. The zero-order chi connectivity index (χ0) is 14.3. The molecule has 21 heavy (non-hydrogen) atoms. The number of hydrogen-bond acceptors (Lipinski definition) is 5. The van der Waals surface area contributed by atoms with E-state index in [2.05, 4.69) is 4.98 Å². The van der Waals surface area contributed by atoms with E-state index in [9.17, 15) is 0 Å². The van der Waals surface area contributed by atoms with Crippen LogP contribution in [0.5, 0.6) is 5.75 Å². The van der Waals surface area contributed by atoms with Crippen molar-refractivity contribution in [3.05, 3.63) is 22.5 Å². The summed E-state index contributed by atoms with van der Waals surface area (Å²) in [6.45, 7) is 3.29. The van der Waals surface area contributed by atoms with Crippen LogP contribution in [-0.4, -0.2) is 44.1 Å². The number of halogens is 1. The van der Waals surface area contributed by atoms with Crippen LogP contribution in [-0.2, 0) is 26.2 Å². The number of ether oxygens (including phenoxy) is 4. The molecule has 0 N–H and O–H groups in total. The molecule has 1 aromatic rings. The fourth-order valence-corrected chi connectivity index (χ4v) is 3.47. The van der Waals surface area contributed by atoms with Crippen molar-refractivity contribution in [2.75, 3.05) is 33.0 Å². The van der Waals surface area contributed by atoms with Gasteiger partial charge in [-0.05, 0) is 0 Å². The van der Waals surface area contributed by atoms with Crippen molar-refractivity contribution in [3.63, 3.8) is 0 Å². The molecule has 0 bridgehead atoms. The third-order valence-electron chi connectivity index (χ3n) is 4.38. The molecular weight excluding hydrogens is 294 g/mol. The lowest BCUT2D eigenvalue weighted by atomic mass is 9.90. The highest BCUT2D eigenvalue weighted by atomic mass is 35.5. The van der Waals surface area contributed by atoms with E-state index in [1.54, 1.807) is 0 Å². The molecule has 1 aromatic heterocycles. The first-order chi connectivity index (χ1) is 10.3. The second-order valence-electron chi connectivity index (χ2n) is 5.77. The van der Waals surface area contributed by atoms with Crippen LogP contribution >= 0.6 is 11.6 Å². The highest BCUT2D eigenvalue weighted by molar-refractivity contribution is 6.29. The van der Waals surface area contributed by atoms with E-state index in [0.29, 0.717) is 31.6 Å². The largest absolute Gasteiger partial charge is 0.487 e. The summed E-state index contributed by atoms with van der Waals surface area (Å²) in [4.78, 5) is 4.53. The van der Waals surface area contributed by atoms with E-state index >= 15 is 0 Å². The zero-order valence-electron chi connectivity index (χ0n) is 11.8. The topological polar surface area (TPSA) is 49.8 Å². The summed E-state index contributed by atoms with van der Waals surface area (Å²) in [6.07, 6.45) is 2.63. The van der Waals surface area contributed by atoms with E-state index < -0.39 is 5.60 Å².